The number of aryl methyl sites for hydroxylation is 1. The Hall–Kier alpha value is -4.85. The van der Waals surface area contributed by atoms with Crippen molar-refractivity contribution in [1.29, 1.82) is 0 Å². The van der Waals surface area contributed by atoms with E-state index in [-0.39, 0.29) is 22.8 Å². The van der Waals surface area contributed by atoms with E-state index in [0.717, 1.165) is 52.9 Å². The van der Waals surface area contributed by atoms with Crippen molar-refractivity contribution >= 4 is 38.7 Å². The van der Waals surface area contributed by atoms with Crippen molar-refractivity contribution in [2.24, 2.45) is 7.05 Å². The van der Waals surface area contributed by atoms with Gasteiger partial charge in [-0.1, -0.05) is 43.3 Å². The lowest BCUT2D eigenvalue weighted by Gasteiger charge is -2.20. The van der Waals surface area contributed by atoms with Gasteiger partial charge in [0.25, 0.3) is 5.91 Å². The van der Waals surface area contributed by atoms with Crippen LogP contribution in [0, 0.1) is 6.92 Å². The summed E-state index contributed by atoms with van der Waals surface area (Å²) in [6.45, 7) is 4.04. The molecule has 12 nitrogen and oxygen atoms in total. The highest BCUT2D eigenvalue weighted by Gasteiger charge is 2.40. The first-order chi connectivity index (χ1) is 21.9. The van der Waals surface area contributed by atoms with Crippen LogP contribution in [0.4, 0.5) is 17.1 Å². The Morgan fingerprint density at radius 1 is 1.11 bits per heavy atom. The van der Waals surface area contributed by atoms with Gasteiger partial charge in [-0.15, -0.1) is 5.53 Å². The van der Waals surface area contributed by atoms with Crippen LogP contribution in [0.2, 0.25) is 0 Å². The second-order valence-corrected chi connectivity index (χ2v) is 13.8. The smallest absolute Gasteiger partial charge is 0.255 e. The lowest BCUT2D eigenvalue weighted by atomic mass is 9.96. The number of hydrogen-bond acceptors (Lipinski definition) is 9. The Balaban J connectivity index is 1.26. The average Bonchev–Trinajstić information content (AvgIpc) is 3.40. The van der Waals surface area contributed by atoms with Gasteiger partial charge in [-0.2, -0.15) is 0 Å². The molecule has 2 aliphatic rings. The minimum atomic E-state index is -3.60. The number of benzene rings is 3. The van der Waals surface area contributed by atoms with E-state index >= 15 is 0 Å². The molecule has 1 atom stereocenters. The predicted molar refractivity (Wildman–Crippen MR) is 178 cm³/mol. The number of carbonyl (C=O) groups excluding carboxylic acids is 1. The van der Waals surface area contributed by atoms with Crippen molar-refractivity contribution < 1.29 is 23.1 Å². The Morgan fingerprint density at radius 2 is 1.83 bits per heavy atom. The number of amides is 1. The summed E-state index contributed by atoms with van der Waals surface area (Å²) >= 11 is 0. The van der Waals surface area contributed by atoms with Gasteiger partial charge in [-0.3, -0.25) is 20.0 Å². The summed E-state index contributed by atoms with van der Waals surface area (Å²) in [5.74, 6) is 0.345. The van der Waals surface area contributed by atoms with Crippen LogP contribution in [-0.4, -0.2) is 42.3 Å². The number of methoxy groups -OCH3 is 1. The number of hydrogen-bond donors (Lipinski definition) is 5. The van der Waals surface area contributed by atoms with Gasteiger partial charge in [-0.25, -0.2) is 13.4 Å². The van der Waals surface area contributed by atoms with Gasteiger partial charge >= 0.3 is 0 Å². The lowest BCUT2D eigenvalue weighted by molar-refractivity contribution is 0.102. The molecule has 1 amide bonds. The first-order valence-electron chi connectivity index (χ1n) is 14.8. The van der Waals surface area contributed by atoms with Crippen molar-refractivity contribution in [2.75, 3.05) is 28.4 Å². The van der Waals surface area contributed by atoms with E-state index in [9.17, 15) is 18.3 Å². The van der Waals surface area contributed by atoms with Crippen molar-refractivity contribution in [3.63, 3.8) is 0 Å². The highest BCUT2D eigenvalue weighted by atomic mass is 32.2. The summed E-state index contributed by atoms with van der Waals surface area (Å²) in [6, 6.07) is 18.3. The topological polar surface area (TPSA) is 150 Å². The molecule has 4 aromatic rings. The van der Waals surface area contributed by atoms with Crippen LogP contribution in [0.3, 0.4) is 0 Å². The standard InChI is InChI=1S/C33H37N7O5S/c1-20-11-12-22(32(42)35-24-16-23(33(2)13-14-33)17-25(30(24)45-4)37-46(5,43)44)15-27(20)40-19-26(36-38-40)28-18-34-31(39(28)3)29(41)21-9-7-6-8-10-21/h6-12,15-19,29,36-38,41H,13-14H2,1-5H3,(H,35,42). The summed E-state index contributed by atoms with van der Waals surface area (Å²) in [4.78, 5) is 18.1. The third kappa shape index (κ3) is 6.16. The Labute approximate surface area is 268 Å². The lowest BCUT2D eigenvalue weighted by Crippen LogP contribution is -2.36. The third-order valence-corrected chi connectivity index (χ3v) is 9.08. The molecule has 0 spiro atoms. The second-order valence-electron chi connectivity index (χ2n) is 12.0. The molecule has 1 aliphatic carbocycles. The van der Waals surface area contributed by atoms with Crippen molar-refractivity contribution in [1.82, 2.24) is 20.5 Å². The molecular weight excluding hydrogens is 606 g/mol. The fraction of sp³-hybridized carbons (Fsp3) is 0.273. The molecule has 1 aromatic heterocycles. The molecule has 46 heavy (non-hydrogen) atoms. The molecule has 1 unspecified atom stereocenters. The molecule has 0 radical (unpaired) electrons. The van der Waals surface area contributed by atoms with Gasteiger partial charge < -0.3 is 19.7 Å². The van der Waals surface area contributed by atoms with Gasteiger partial charge in [0.05, 0.1) is 54.2 Å². The summed E-state index contributed by atoms with van der Waals surface area (Å²) in [5, 5.41) is 15.6. The number of carbonyl (C=O) groups is 1. The molecule has 0 bridgehead atoms. The highest BCUT2D eigenvalue weighted by Crippen LogP contribution is 2.51. The van der Waals surface area contributed by atoms with Crippen LogP contribution in [0.15, 0.2) is 73.1 Å². The van der Waals surface area contributed by atoms with E-state index in [2.05, 4.69) is 32.9 Å². The molecular formula is C33H37N7O5S. The molecule has 1 saturated carbocycles. The Morgan fingerprint density at radius 3 is 2.50 bits per heavy atom. The van der Waals surface area contributed by atoms with Crippen LogP contribution in [0.5, 0.6) is 5.75 Å². The Kier molecular flexibility index (Phi) is 8.00. The fourth-order valence-corrected chi connectivity index (χ4v) is 6.08. The highest BCUT2D eigenvalue weighted by molar-refractivity contribution is 7.92. The number of nitrogens with zero attached hydrogens (tertiary/aromatic N) is 3. The normalized spacial score (nSPS) is 16.0. The van der Waals surface area contributed by atoms with E-state index < -0.39 is 16.1 Å². The molecule has 0 saturated heterocycles. The first kappa shape index (κ1) is 31.1. The molecule has 3 aromatic carbocycles. The Bertz CT molecular complexity index is 1950. The van der Waals surface area contributed by atoms with E-state index in [1.165, 1.54) is 7.11 Å². The van der Waals surface area contributed by atoms with E-state index in [1.807, 2.05) is 67.2 Å². The van der Waals surface area contributed by atoms with E-state index in [4.69, 9.17) is 4.74 Å². The van der Waals surface area contributed by atoms with Crippen molar-refractivity contribution in [2.45, 2.75) is 38.2 Å². The zero-order valence-corrected chi connectivity index (χ0v) is 27.1. The number of anilines is 3. The first-order valence-corrected chi connectivity index (χ1v) is 16.7. The predicted octanol–water partition coefficient (Wildman–Crippen LogP) is 4.32. The molecule has 5 N–H and O–H groups in total. The van der Waals surface area contributed by atoms with Crippen LogP contribution < -0.4 is 30.7 Å². The fourth-order valence-electron chi connectivity index (χ4n) is 5.53. The summed E-state index contributed by atoms with van der Waals surface area (Å²) in [6.07, 6.45) is 5.67. The molecule has 2 heterocycles. The minimum absolute atomic E-state index is 0.0938. The number of sulfonamides is 1. The maximum Gasteiger partial charge on any atom is 0.255 e. The number of ether oxygens (including phenoxy) is 1. The number of imidazole rings is 1. The minimum Gasteiger partial charge on any atom is -0.492 e. The van der Waals surface area contributed by atoms with Crippen LogP contribution >= 0.6 is 0 Å². The van der Waals surface area contributed by atoms with Gasteiger partial charge in [0, 0.05) is 12.6 Å². The maximum atomic E-state index is 13.6. The quantitative estimate of drug-likeness (QED) is 0.170. The van der Waals surface area contributed by atoms with Crippen molar-refractivity contribution in [3.05, 3.63) is 107 Å². The number of rotatable bonds is 10. The van der Waals surface area contributed by atoms with Crippen LogP contribution in [0.1, 0.15) is 64.4 Å². The van der Waals surface area contributed by atoms with E-state index in [0.29, 0.717) is 17.1 Å². The number of nitrogens with one attached hydrogen (secondary N) is 4. The largest absolute Gasteiger partial charge is 0.492 e. The number of aliphatic hydroxyl groups is 1. The average molecular weight is 644 g/mol. The summed E-state index contributed by atoms with van der Waals surface area (Å²) in [7, 11) is -0.319. The van der Waals surface area contributed by atoms with E-state index in [1.54, 1.807) is 29.4 Å². The molecule has 1 aliphatic heterocycles. The number of aliphatic hydroxyl groups excluding tert-OH is 1. The summed E-state index contributed by atoms with van der Waals surface area (Å²) in [5.41, 5.74) is 12.0. The third-order valence-electron chi connectivity index (χ3n) is 8.49. The number of aromatic nitrogens is 2. The zero-order valence-electron chi connectivity index (χ0n) is 26.2. The van der Waals surface area contributed by atoms with Gasteiger partial charge in [-0.05, 0) is 66.1 Å². The maximum absolute atomic E-state index is 13.6. The molecule has 1 fully saturated rings. The van der Waals surface area contributed by atoms with Crippen molar-refractivity contribution in [3.8, 4) is 5.75 Å². The SMILES string of the molecule is COc1c(NC(=O)c2ccc(C)c(N3C=C(c4cnc(C(O)c5ccccc5)n4C)NN3)c2)cc(C2(C)CC2)cc1NS(C)(=O)=O. The second kappa shape index (κ2) is 11.8. The van der Waals surface area contributed by atoms with Crippen LogP contribution in [0.25, 0.3) is 5.70 Å². The zero-order chi connectivity index (χ0) is 32.8. The van der Waals surface area contributed by atoms with Gasteiger partial charge in [0.2, 0.25) is 10.0 Å². The monoisotopic (exact) mass is 643 g/mol. The molecule has 240 valence electrons. The number of hydrazine groups is 2. The molecule has 13 heteroatoms. The van der Waals surface area contributed by atoms with Gasteiger partial charge in [0.1, 0.15) is 11.9 Å². The van der Waals surface area contributed by atoms with Gasteiger partial charge in [0.15, 0.2) is 5.75 Å². The van der Waals surface area contributed by atoms with Crippen LogP contribution in [-0.2, 0) is 22.5 Å². The molecule has 6 rings (SSSR count). The summed E-state index contributed by atoms with van der Waals surface area (Å²) < 4.78 is 34.2.